The molecule has 6 nitrogen and oxygen atoms in total. The molecule has 0 radical (unpaired) electrons. The molecule has 0 fully saturated rings. The average molecular weight is 496 g/mol. The average Bonchev–Trinajstić information content (AvgIpc) is 2.51. The van der Waals surface area contributed by atoms with Crippen molar-refractivity contribution in [2.24, 2.45) is 0 Å². The molecule has 0 aliphatic carbocycles. The smallest absolute Gasteiger partial charge is 0.353 e. The van der Waals surface area contributed by atoms with Crippen molar-refractivity contribution in [3.05, 3.63) is 73.9 Å². The SMILES string of the molecule is CS(=O)(=O)O/C(=C/[I+]c1ccccc1)c1ccccc1.CS(=O)(=O)[O-]. The fraction of sp³-hybridized carbons (Fsp3) is 0.125. The van der Waals surface area contributed by atoms with E-state index in [-0.39, 0.29) is 0 Å². The van der Waals surface area contributed by atoms with Crippen LogP contribution in [0.15, 0.2) is 64.7 Å². The molecule has 0 saturated carbocycles. The summed E-state index contributed by atoms with van der Waals surface area (Å²) in [5, 5.41) is 0. The molecular weight excluding hydrogens is 479 g/mol. The summed E-state index contributed by atoms with van der Waals surface area (Å²) in [6.45, 7) is 0. The largest absolute Gasteiger partial charge is 0.748 e. The Morgan fingerprint density at radius 2 is 1.36 bits per heavy atom. The summed E-state index contributed by atoms with van der Waals surface area (Å²) in [7, 11) is -7.44. The van der Waals surface area contributed by atoms with E-state index >= 15 is 0 Å². The molecule has 0 atom stereocenters. The van der Waals surface area contributed by atoms with Crippen molar-refractivity contribution in [1.82, 2.24) is 0 Å². The highest BCUT2D eigenvalue weighted by molar-refractivity contribution is 7.86. The Labute approximate surface area is 158 Å². The molecule has 0 aliphatic heterocycles. The van der Waals surface area contributed by atoms with E-state index in [1.165, 1.54) is 3.57 Å². The Balaban J connectivity index is 0.000000550. The fourth-order valence-electron chi connectivity index (χ4n) is 1.49. The molecule has 0 heterocycles. The maximum atomic E-state index is 11.4. The molecule has 2 rings (SSSR count). The Hall–Kier alpha value is -1.43. The minimum Gasteiger partial charge on any atom is -0.748 e. The molecule has 0 spiro atoms. The van der Waals surface area contributed by atoms with Crippen LogP contribution in [-0.4, -0.2) is 33.9 Å². The highest BCUT2D eigenvalue weighted by Crippen LogP contribution is 2.15. The lowest BCUT2D eigenvalue weighted by molar-refractivity contribution is -0.556. The first-order valence-corrected chi connectivity index (χ1v) is 12.7. The van der Waals surface area contributed by atoms with Crippen molar-refractivity contribution in [3.8, 4) is 0 Å². The van der Waals surface area contributed by atoms with Gasteiger partial charge in [-0.25, -0.2) is 8.42 Å². The van der Waals surface area contributed by atoms with Gasteiger partial charge in [-0.2, -0.15) is 8.42 Å². The molecule has 2 aromatic carbocycles. The van der Waals surface area contributed by atoms with Crippen LogP contribution in [0.1, 0.15) is 5.56 Å². The highest BCUT2D eigenvalue weighted by Gasteiger charge is 2.16. The lowest BCUT2D eigenvalue weighted by Gasteiger charge is -2.04. The van der Waals surface area contributed by atoms with Crippen LogP contribution in [0.4, 0.5) is 0 Å². The van der Waals surface area contributed by atoms with E-state index in [1.807, 2.05) is 64.7 Å². The second-order valence-electron chi connectivity index (χ2n) is 4.74. The van der Waals surface area contributed by atoms with Gasteiger partial charge in [0.25, 0.3) is 0 Å². The summed E-state index contributed by atoms with van der Waals surface area (Å²) in [5.41, 5.74) is 0.772. The van der Waals surface area contributed by atoms with Crippen molar-refractivity contribution in [2.75, 3.05) is 12.5 Å². The first-order chi connectivity index (χ1) is 11.5. The summed E-state index contributed by atoms with van der Waals surface area (Å²) in [6.07, 6.45) is 1.66. The Morgan fingerprint density at radius 3 is 1.80 bits per heavy atom. The van der Waals surface area contributed by atoms with E-state index < -0.39 is 41.4 Å². The Kier molecular flexibility index (Phi) is 8.56. The summed E-state index contributed by atoms with van der Waals surface area (Å²) in [5.74, 6) is 0.407. The minimum atomic E-state index is -3.92. The Morgan fingerprint density at radius 1 is 0.920 bits per heavy atom. The molecule has 0 aliphatic rings. The zero-order valence-electron chi connectivity index (χ0n) is 13.5. The van der Waals surface area contributed by atoms with Crippen molar-refractivity contribution >= 4 is 26.0 Å². The first-order valence-electron chi connectivity index (χ1n) is 6.79. The lowest BCUT2D eigenvalue weighted by atomic mass is 10.2. The quantitative estimate of drug-likeness (QED) is 0.230. The lowest BCUT2D eigenvalue weighted by Crippen LogP contribution is -3.59. The van der Waals surface area contributed by atoms with Gasteiger partial charge in [-0.1, -0.05) is 48.5 Å². The van der Waals surface area contributed by atoms with Crippen molar-refractivity contribution in [3.63, 3.8) is 0 Å². The number of hydrogen-bond donors (Lipinski definition) is 0. The van der Waals surface area contributed by atoms with Crippen molar-refractivity contribution in [1.29, 1.82) is 0 Å². The van der Waals surface area contributed by atoms with Gasteiger partial charge in [0.05, 0.1) is 16.4 Å². The van der Waals surface area contributed by atoms with Gasteiger partial charge in [0.15, 0.2) is 9.33 Å². The van der Waals surface area contributed by atoms with Gasteiger partial charge < -0.3 is 8.74 Å². The van der Waals surface area contributed by atoms with Crippen LogP contribution in [0, 0.1) is 3.57 Å². The third-order valence-corrected chi connectivity index (χ3v) is 5.11. The number of halogens is 1. The molecule has 136 valence electrons. The van der Waals surface area contributed by atoms with E-state index in [1.54, 1.807) is 0 Å². The highest BCUT2D eigenvalue weighted by atomic mass is 127. The third-order valence-electron chi connectivity index (χ3n) is 2.31. The summed E-state index contributed by atoms with van der Waals surface area (Å²) in [6, 6.07) is 19.3. The molecule has 0 saturated heterocycles. The molecule has 2 aromatic rings. The van der Waals surface area contributed by atoms with E-state index in [0.717, 1.165) is 11.8 Å². The van der Waals surface area contributed by atoms with Gasteiger partial charge >= 0.3 is 31.3 Å². The van der Waals surface area contributed by atoms with Gasteiger partial charge in [0.2, 0.25) is 4.08 Å². The van der Waals surface area contributed by atoms with Gasteiger partial charge in [-0.05, 0) is 12.1 Å². The molecule has 0 amide bonds. The van der Waals surface area contributed by atoms with Crippen LogP contribution < -0.4 is 21.2 Å². The molecular formula is C16H17IO6S2. The summed E-state index contributed by atoms with van der Waals surface area (Å²) >= 11 is -0.445. The molecule has 9 heteroatoms. The zero-order valence-corrected chi connectivity index (χ0v) is 17.3. The fourth-order valence-corrected chi connectivity index (χ4v) is 4.10. The van der Waals surface area contributed by atoms with Crippen LogP contribution >= 0.6 is 0 Å². The van der Waals surface area contributed by atoms with Crippen LogP contribution in [0.2, 0.25) is 0 Å². The van der Waals surface area contributed by atoms with Gasteiger partial charge in [0, 0.05) is 11.8 Å². The van der Waals surface area contributed by atoms with Crippen molar-refractivity contribution in [2.45, 2.75) is 0 Å². The summed E-state index contributed by atoms with van der Waals surface area (Å²) in [4.78, 5) is 0. The van der Waals surface area contributed by atoms with E-state index in [0.29, 0.717) is 12.0 Å². The van der Waals surface area contributed by atoms with Gasteiger partial charge in [-0.3, -0.25) is 0 Å². The minimum absolute atomic E-state index is 0.407. The standard InChI is InChI=1S/C15H14IO3S.CH4O3S/c1-20(17,18)19-15(13-8-4-2-5-9-13)12-16-14-10-6-3-7-11-14;1-5(2,3)4/h2-12H,1H3;1H3,(H,2,3,4)/q+1;/p-1/b15-12+;. The van der Waals surface area contributed by atoms with Crippen LogP contribution in [0.3, 0.4) is 0 Å². The number of benzene rings is 2. The van der Waals surface area contributed by atoms with Crippen LogP contribution in [-0.2, 0) is 24.4 Å². The van der Waals surface area contributed by atoms with E-state index in [9.17, 15) is 8.42 Å². The predicted molar refractivity (Wildman–Crippen MR) is 91.1 cm³/mol. The molecule has 0 unspecified atom stereocenters. The van der Waals surface area contributed by atoms with Crippen LogP contribution in [0.5, 0.6) is 0 Å². The third kappa shape index (κ3) is 11.7. The van der Waals surface area contributed by atoms with Gasteiger partial charge in [-0.15, -0.1) is 0 Å². The van der Waals surface area contributed by atoms with Gasteiger partial charge in [0.1, 0.15) is 0 Å². The second-order valence-corrected chi connectivity index (χ2v) is 10.2. The van der Waals surface area contributed by atoms with Crippen LogP contribution in [0.25, 0.3) is 5.76 Å². The van der Waals surface area contributed by atoms with E-state index in [4.69, 9.17) is 17.2 Å². The molecule has 0 N–H and O–H groups in total. The molecule has 0 bridgehead atoms. The normalized spacial score (nSPS) is 12.0. The Bertz CT molecular complexity index is 884. The number of rotatable bonds is 5. The molecule has 0 aromatic heterocycles. The first kappa shape index (κ1) is 21.6. The molecule has 25 heavy (non-hydrogen) atoms. The monoisotopic (exact) mass is 496 g/mol. The second kappa shape index (κ2) is 9.90. The number of hydrogen-bond acceptors (Lipinski definition) is 6. The van der Waals surface area contributed by atoms with E-state index in [2.05, 4.69) is 0 Å². The predicted octanol–water partition coefficient (Wildman–Crippen LogP) is -0.919. The maximum Gasteiger partial charge on any atom is 0.353 e. The maximum absolute atomic E-state index is 11.4. The summed E-state index contributed by atoms with van der Waals surface area (Å²) < 4.78 is 58.2. The zero-order chi connectivity index (χ0) is 18.9. The van der Waals surface area contributed by atoms with Crippen molar-refractivity contribution < 1.29 is 46.8 Å². The topological polar surface area (TPSA) is 101 Å².